The van der Waals surface area contributed by atoms with Gasteiger partial charge in [0, 0.05) is 6.54 Å². The van der Waals surface area contributed by atoms with Crippen molar-refractivity contribution < 1.29 is 9.90 Å². The van der Waals surface area contributed by atoms with Crippen LogP contribution in [0.25, 0.3) is 0 Å². The number of carboxylic acids is 1. The topological polar surface area (TPSA) is 52.6 Å². The van der Waals surface area contributed by atoms with Crippen LogP contribution in [0.2, 0.25) is 0 Å². The van der Waals surface area contributed by atoms with Gasteiger partial charge in [-0.15, -0.1) is 0 Å². The molecule has 4 nitrogen and oxygen atoms in total. The minimum absolute atomic E-state index is 0.281. The van der Waals surface area contributed by atoms with Crippen LogP contribution in [0.1, 0.15) is 45.4 Å². The van der Waals surface area contributed by atoms with Gasteiger partial charge in [0.25, 0.3) is 0 Å². The summed E-state index contributed by atoms with van der Waals surface area (Å²) in [5.74, 6) is 0.531. The summed E-state index contributed by atoms with van der Waals surface area (Å²) in [6.45, 7) is 5.56. The van der Waals surface area contributed by atoms with Gasteiger partial charge in [0.05, 0.1) is 0 Å². The van der Waals surface area contributed by atoms with Gasteiger partial charge < -0.3 is 15.3 Å². The number of likely N-dealkylation sites (N-methyl/N-ethyl adjacent to an activating group) is 1. The largest absolute Gasteiger partial charge is 0.480 e. The highest BCUT2D eigenvalue weighted by Crippen LogP contribution is 2.38. The van der Waals surface area contributed by atoms with Gasteiger partial charge in [0.2, 0.25) is 0 Å². The molecule has 0 saturated heterocycles. The van der Waals surface area contributed by atoms with Crippen LogP contribution in [0.5, 0.6) is 0 Å². The van der Waals surface area contributed by atoms with E-state index in [0.717, 1.165) is 44.7 Å². The minimum atomic E-state index is -0.668. The quantitative estimate of drug-likeness (QED) is 0.706. The predicted molar refractivity (Wildman–Crippen MR) is 76.2 cm³/mol. The second-order valence-corrected chi connectivity index (χ2v) is 6.24. The predicted octanol–water partition coefficient (Wildman–Crippen LogP) is 1.95. The molecule has 0 radical (unpaired) electrons. The van der Waals surface area contributed by atoms with E-state index in [0.29, 0.717) is 0 Å². The molecule has 2 saturated carbocycles. The van der Waals surface area contributed by atoms with E-state index in [1.54, 1.807) is 7.05 Å². The molecular formula is C15H28N2O2. The molecule has 2 aliphatic rings. The van der Waals surface area contributed by atoms with Crippen molar-refractivity contribution in [3.63, 3.8) is 0 Å². The highest BCUT2D eigenvalue weighted by atomic mass is 16.4. The SMILES string of the molecule is CCN(CCC1CCCC1(NC)C(=O)O)CC1CC1. The van der Waals surface area contributed by atoms with Gasteiger partial charge in [-0.25, -0.2) is 0 Å². The lowest BCUT2D eigenvalue weighted by Gasteiger charge is -2.32. The van der Waals surface area contributed by atoms with Crippen LogP contribution in [-0.4, -0.2) is 48.2 Å². The van der Waals surface area contributed by atoms with E-state index >= 15 is 0 Å². The Morgan fingerprint density at radius 1 is 1.42 bits per heavy atom. The van der Waals surface area contributed by atoms with Crippen LogP contribution in [0, 0.1) is 11.8 Å². The molecule has 0 amide bonds. The molecule has 2 atom stereocenters. The fourth-order valence-electron chi connectivity index (χ4n) is 3.57. The Morgan fingerprint density at radius 2 is 2.16 bits per heavy atom. The maximum atomic E-state index is 11.6. The maximum Gasteiger partial charge on any atom is 0.324 e. The van der Waals surface area contributed by atoms with Gasteiger partial charge in [-0.1, -0.05) is 13.3 Å². The van der Waals surface area contributed by atoms with Crippen molar-refractivity contribution in [2.45, 2.75) is 51.0 Å². The van der Waals surface area contributed by atoms with Crippen molar-refractivity contribution in [3.8, 4) is 0 Å². The van der Waals surface area contributed by atoms with Gasteiger partial charge in [-0.2, -0.15) is 0 Å². The van der Waals surface area contributed by atoms with Crippen molar-refractivity contribution in [1.29, 1.82) is 0 Å². The number of carboxylic acid groups (broad SMARTS) is 1. The van der Waals surface area contributed by atoms with Gasteiger partial charge in [0.15, 0.2) is 0 Å². The molecule has 0 aromatic heterocycles. The third kappa shape index (κ3) is 3.29. The van der Waals surface area contributed by atoms with Crippen molar-refractivity contribution >= 4 is 5.97 Å². The molecule has 2 unspecified atom stereocenters. The molecule has 0 heterocycles. The molecule has 2 fully saturated rings. The van der Waals surface area contributed by atoms with E-state index in [-0.39, 0.29) is 5.92 Å². The Hall–Kier alpha value is -0.610. The highest BCUT2D eigenvalue weighted by molar-refractivity contribution is 5.79. The average molecular weight is 268 g/mol. The number of nitrogens with one attached hydrogen (secondary N) is 1. The van der Waals surface area contributed by atoms with E-state index in [1.807, 2.05) is 0 Å². The average Bonchev–Trinajstić information content (AvgIpc) is 3.11. The second-order valence-electron chi connectivity index (χ2n) is 6.24. The molecule has 0 spiro atoms. The monoisotopic (exact) mass is 268 g/mol. The molecule has 0 aromatic rings. The first-order valence-electron chi connectivity index (χ1n) is 7.77. The number of carbonyl (C=O) groups is 1. The van der Waals surface area contributed by atoms with Gasteiger partial charge in [-0.3, -0.25) is 4.79 Å². The Morgan fingerprint density at radius 3 is 2.68 bits per heavy atom. The molecule has 2 aliphatic carbocycles. The van der Waals surface area contributed by atoms with Crippen molar-refractivity contribution in [2.24, 2.45) is 11.8 Å². The molecule has 0 bridgehead atoms. The van der Waals surface area contributed by atoms with E-state index < -0.39 is 11.5 Å². The summed E-state index contributed by atoms with van der Waals surface area (Å²) in [6.07, 6.45) is 6.64. The number of aliphatic carboxylic acids is 1. The zero-order chi connectivity index (χ0) is 13.9. The molecule has 4 heteroatoms. The van der Waals surface area contributed by atoms with E-state index in [9.17, 15) is 9.90 Å². The fourth-order valence-corrected chi connectivity index (χ4v) is 3.57. The van der Waals surface area contributed by atoms with Crippen LogP contribution in [0.15, 0.2) is 0 Å². The van der Waals surface area contributed by atoms with Crippen LogP contribution in [-0.2, 0) is 4.79 Å². The normalized spacial score (nSPS) is 31.0. The third-order valence-electron chi connectivity index (χ3n) is 5.10. The highest BCUT2D eigenvalue weighted by Gasteiger charge is 2.47. The molecule has 110 valence electrons. The number of hydrogen-bond acceptors (Lipinski definition) is 3. The minimum Gasteiger partial charge on any atom is -0.480 e. The molecule has 19 heavy (non-hydrogen) atoms. The number of rotatable bonds is 8. The third-order valence-corrected chi connectivity index (χ3v) is 5.10. The first-order valence-corrected chi connectivity index (χ1v) is 7.77. The zero-order valence-electron chi connectivity index (χ0n) is 12.3. The summed E-state index contributed by atoms with van der Waals surface area (Å²) < 4.78 is 0. The summed E-state index contributed by atoms with van der Waals surface area (Å²) >= 11 is 0. The Labute approximate surface area is 116 Å². The van der Waals surface area contributed by atoms with E-state index in [1.165, 1.54) is 19.4 Å². The standard InChI is InChI=1S/C15H28N2O2/c1-3-17(11-12-6-7-12)10-8-13-5-4-9-15(13,16-2)14(18)19/h12-13,16H,3-11H2,1-2H3,(H,18,19). The number of hydrogen-bond donors (Lipinski definition) is 2. The van der Waals surface area contributed by atoms with Crippen LogP contribution < -0.4 is 5.32 Å². The summed E-state index contributed by atoms with van der Waals surface area (Å²) in [4.78, 5) is 14.1. The lowest BCUT2D eigenvalue weighted by Crippen LogP contribution is -2.53. The lowest BCUT2D eigenvalue weighted by molar-refractivity contribution is -0.146. The van der Waals surface area contributed by atoms with E-state index in [4.69, 9.17) is 0 Å². The first kappa shape index (κ1) is 14.8. The molecule has 2 rings (SSSR count). The van der Waals surface area contributed by atoms with Gasteiger partial charge >= 0.3 is 5.97 Å². The van der Waals surface area contributed by atoms with Crippen LogP contribution in [0.3, 0.4) is 0 Å². The smallest absolute Gasteiger partial charge is 0.324 e. The van der Waals surface area contributed by atoms with Crippen molar-refractivity contribution in [2.75, 3.05) is 26.7 Å². The fraction of sp³-hybridized carbons (Fsp3) is 0.933. The van der Waals surface area contributed by atoms with Crippen molar-refractivity contribution in [1.82, 2.24) is 10.2 Å². The maximum absolute atomic E-state index is 11.6. The zero-order valence-corrected chi connectivity index (χ0v) is 12.3. The van der Waals surface area contributed by atoms with Crippen molar-refractivity contribution in [3.05, 3.63) is 0 Å². The Balaban J connectivity index is 1.87. The molecule has 2 N–H and O–H groups in total. The molecule has 0 aromatic carbocycles. The molecular weight excluding hydrogens is 240 g/mol. The summed E-state index contributed by atoms with van der Waals surface area (Å²) in [6, 6.07) is 0. The van der Waals surface area contributed by atoms with Crippen LogP contribution in [0.4, 0.5) is 0 Å². The molecule has 0 aliphatic heterocycles. The Bertz CT molecular complexity index is 317. The van der Waals surface area contributed by atoms with E-state index in [2.05, 4.69) is 17.1 Å². The van der Waals surface area contributed by atoms with Gasteiger partial charge in [0.1, 0.15) is 5.54 Å². The van der Waals surface area contributed by atoms with Gasteiger partial charge in [-0.05, 0) is 64.1 Å². The van der Waals surface area contributed by atoms with Crippen LogP contribution >= 0.6 is 0 Å². The second kappa shape index (κ2) is 6.23. The lowest BCUT2D eigenvalue weighted by atomic mass is 9.84. The Kier molecular flexibility index (Phi) is 4.85. The summed E-state index contributed by atoms with van der Waals surface area (Å²) in [5.41, 5.74) is -0.668. The number of nitrogens with zero attached hydrogens (tertiary/aromatic N) is 1. The first-order chi connectivity index (χ1) is 9.12. The summed E-state index contributed by atoms with van der Waals surface area (Å²) in [5, 5.41) is 12.6. The summed E-state index contributed by atoms with van der Waals surface area (Å²) in [7, 11) is 1.80.